The topological polar surface area (TPSA) is 38.3 Å². The molecule has 0 aliphatic carbocycles. The van der Waals surface area contributed by atoms with Gasteiger partial charge in [-0.1, -0.05) is 92.9 Å². The maximum atomic E-state index is 11.7. The Morgan fingerprint density at radius 2 is 1.74 bits per heavy atom. The molecule has 2 rings (SSSR count). The average molecular weight is 366 g/mol. The number of carbonyl (C=O) groups is 1. The third-order valence-electron chi connectivity index (χ3n) is 4.40. The van der Waals surface area contributed by atoms with Crippen LogP contribution in [0.25, 0.3) is 6.08 Å². The molecule has 0 bridgehead atoms. The lowest BCUT2D eigenvalue weighted by atomic mass is 10.0. The van der Waals surface area contributed by atoms with Crippen LogP contribution in [0.15, 0.2) is 60.7 Å². The number of unbranched alkanes of at least 4 members (excludes halogenated alkanes) is 3. The summed E-state index contributed by atoms with van der Waals surface area (Å²) >= 11 is 0. The van der Waals surface area contributed by atoms with Gasteiger partial charge in [-0.15, -0.1) is 0 Å². The first kappa shape index (κ1) is 20.8. The van der Waals surface area contributed by atoms with Crippen LogP contribution in [0.1, 0.15) is 55.7 Å². The minimum Gasteiger partial charge on any atom is -0.445 e. The second-order valence-corrected chi connectivity index (χ2v) is 6.73. The molecule has 3 nitrogen and oxygen atoms in total. The molecule has 0 saturated heterocycles. The van der Waals surface area contributed by atoms with Crippen LogP contribution in [-0.2, 0) is 17.8 Å². The Hall–Kier alpha value is -2.55. The van der Waals surface area contributed by atoms with Crippen molar-refractivity contribution >= 4 is 12.2 Å². The Kier molecular flexibility index (Phi) is 9.80. The molecule has 3 heteroatoms. The first-order chi connectivity index (χ1) is 13.3. The van der Waals surface area contributed by atoms with E-state index in [-0.39, 0.29) is 6.09 Å². The fourth-order valence-electron chi connectivity index (χ4n) is 2.80. The Bertz CT molecular complexity index is 677. The number of hydrogen-bond donors (Lipinski definition) is 1. The standard InChI is InChI=1S/C24H31NO2/c1-2-3-4-6-11-21-15-17-22(18-16-21)12-9-10-19-25-24(26)27-20-23-13-7-5-8-14-23/h5,7-9,12-18H,2-4,6,10-11,19-20H2,1H3,(H,25,26). The van der Waals surface area contributed by atoms with Gasteiger partial charge < -0.3 is 10.1 Å². The number of aryl methyl sites for hydroxylation is 1. The molecule has 1 N–H and O–H groups in total. The predicted molar refractivity (Wildman–Crippen MR) is 113 cm³/mol. The second kappa shape index (κ2) is 12.7. The van der Waals surface area contributed by atoms with E-state index in [0.717, 1.165) is 12.0 Å². The smallest absolute Gasteiger partial charge is 0.407 e. The number of carbonyl (C=O) groups excluding carboxylic acids is 1. The van der Waals surface area contributed by atoms with Gasteiger partial charge in [-0.05, 0) is 36.0 Å². The minimum absolute atomic E-state index is 0.299. The largest absolute Gasteiger partial charge is 0.445 e. The molecule has 144 valence electrons. The zero-order valence-corrected chi connectivity index (χ0v) is 16.3. The monoisotopic (exact) mass is 365 g/mol. The van der Waals surface area contributed by atoms with Crippen molar-refractivity contribution in [1.82, 2.24) is 5.32 Å². The summed E-state index contributed by atoms with van der Waals surface area (Å²) in [5.41, 5.74) is 3.59. The van der Waals surface area contributed by atoms with Gasteiger partial charge in [0.1, 0.15) is 6.61 Å². The molecule has 0 spiro atoms. The van der Waals surface area contributed by atoms with Gasteiger partial charge in [0.15, 0.2) is 0 Å². The van der Waals surface area contributed by atoms with E-state index in [4.69, 9.17) is 4.74 Å². The SMILES string of the molecule is CCCCCCc1ccc(C=CCCNC(=O)OCc2ccccc2)cc1. The van der Waals surface area contributed by atoms with Crippen LogP contribution in [0.4, 0.5) is 4.79 Å². The third kappa shape index (κ3) is 9.09. The lowest BCUT2D eigenvalue weighted by Gasteiger charge is -2.06. The number of benzene rings is 2. The summed E-state index contributed by atoms with van der Waals surface area (Å²) in [4.78, 5) is 11.7. The van der Waals surface area contributed by atoms with E-state index in [1.807, 2.05) is 30.3 Å². The van der Waals surface area contributed by atoms with Gasteiger partial charge in [0.05, 0.1) is 0 Å². The van der Waals surface area contributed by atoms with E-state index < -0.39 is 0 Å². The number of amides is 1. The van der Waals surface area contributed by atoms with Crippen molar-refractivity contribution in [3.05, 3.63) is 77.4 Å². The van der Waals surface area contributed by atoms with Crippen LogP contribution in [-0.4, -0.2) is 12.6 Å². The molecule has 0 saturated carbocycles. The van der Waals surface area contributed by atoms with Crippen molar-refractivity contribution in [2.45, 2.75) is 52.1 Å². The van der Waals surface area contributed by atoms with E-state index in [2.05, 4.69) is 48.7 Å². The molecule has 0 radical (unpaired) electrons. The van der Waals surface area contributed by atoms with Crippen molar-refractivity contribution in [2.75, 3.05) is 6.54 Å². The van der Waals surface area contributed by atoms with Gasteiger partial charge in [-0.2, -0.15) is 0 Å². The highest BCUT2D eigenvalue weighted by Crippen LogP contribution is 2.11. The first-order valence-corrected chi connectivity index (χ1v) is 9.98. The Morgan fingerprint density at radius 3 is 2.48 bits per heavy atom. The number of nitrogens with one attached hydrogen (secondary N) is 1. The predicted octanol–water partition coefficient (Wildman–Crippen LogP) is 6.14. The maximum Gasteiger partial charge on any atom is 0.407 e. The van der Waals surface area contributed by atoms with Crippen LogP contribution in [0.3, 0.4) is 0 Å². The molecule has 0 fully saturated rings. The fourth-order valence-corrected chi connectivity index (χ4v) is 2.80. The van der Waals surface area contributed by atoms with E-state index in [0.29, 0.717) is 13.2 Å². The van der Waals surface area contributed by atoms with E-state index >= 15 is 0 Å². The molecule has 0 heterocycles. The highest BCUT2D eigenvalue weighted by Gasteiger charge is 2.00. The van der Waals surface area contributed by atoms with Crippen LogP contribution in [0.2, 0.25) is 0 Å². The third-order valence-corrected chi connectivity index (χ3v) is 4.40. The van der Waals surface area contributed by atoms with Gasteiger partial charge in [-0.3, -0.25) is 0 Å². The number of hydrogen-bond acceptors (Lipinski definition) is 2. The van der Waals surface area contributed by atoms with E-state index in [9.17, 15) is 4.79 Å². The van der Waals surface area contributed by atoms with Gasteiger partial charge >= 0.3 is 6.09 Å². The highest BCUT2D eigenvalue weighted by molar-refractivity contribution is 5.67. The summed E-state index contributed by atoms with van der Waals surface area (Å²) < 4.78 is 5.18. The molecule has 0 aliphatic heterocycles. The summed E-state index contributed by atoms with van der Waals surface area (Å²) in [7, 11) is 0. The zero-order chi connectivity index (χ0) is 19.2. The van der Waals surface area contributed by atoms with Gasteiger partial charge in [0, 0.05) is 6.54 Å². The maximum absolute atomic E-state index is 11.7. The first-order valence-electron chi connectivity index (χ1n) is 9.98. The summed E-state index contributed by atoms with van der Waals surface area (Å²) in [5.74, 6) is 0. The second-order valence-electron chi connectivity index (χ2n) is 6.73. The van der Waals surface area contributed by atoms with Crippen molar-refractivity contribution < 1.29 is 9.53 Å². The Labute approximate surface area is 163 Å². The van der Waals surface area contributed by atoms with Crippen LogP contribution >= 0.6 is 0 Å². The minimum atomic E-state index is -0.375. The van der Waals surface area contributed by atoms with Crippen molar-refractivity contribution in [3.63, 3.8) is 0 Å². The van der Waals surface area contributed by atoms with Crippen molar-refractivity contribution in [3.8, 4) is 0 Å². The van der Waals surface area contributed by atoms with E-state index in [1.54, 1.807) is 0 Å². The zero-order valence-electron chi connectivity index (χ0n) is 16.3. The molecule has 0 aromatic heterocycles. The van der Waals surface area contributed by atoms with Gasteiger partial charge in [0.2, 0.25) is 0 Å². The van der Waals surface area contributed by atoms with Crippen LogP contribution in [0, 0.1) is 0 Å². The summed E-state index contributed by atoms with van der Waals surface area (Å²) in [6.07, 6.45) is 10.9. The van der Waals surface area contributed by atoms with E-state index in [1.165, 1.54) is 43.2 Å². The van der Waals surface area contributed by atoms with Crippen molar-refractivity contribution in [2.24, 2.45) is 0 Å². The fraction of sp³-hybridized carbons (Fsp3) is 0.375. The number of ether oxygens (including phenoxy) is 1. The normalized spacial score (nSPS) is 10.9. The van der Waals surface area contributed by atoms with Crippen LogP contribution < -0.4 is 5.32 Å². The average Bonchev–Trinajstić information content (AvgIpc) is 2.71. The molecule has 2 aromatic rings. The molecule has 27 heavy (non-hydrogen) atoms. The molecule has 0 unspecified atom stereocenters. The quantitative estimate of drug-likeness (QED) is 0.486. The van der Waals surface area contributed by atoms with Gasteiger partial charge in [-0.25, -0.2) is 4.79 Å². The molecular weight excluding hydrogens is 334 g/mol. The van der Waals surface area contributed by atoms with Gasteiger partial charge in [0.25, 0.3) is 0 Å². The molecule has 0 atom stereocenters. The van der Waals surface area contributed by atoms with Crippen molar-refractivity contribution in [1.29, 1.82) is 0 Å². The number of alkyl carbamates (subject to hydrolysis) is 1. The Morgan fingerprint density at radius 1 is 0.963 bits per heavy atom. The molecule has 1 amide bonds. The highest BCUT2D eigenvalue weighted by atomic mass is 16.5. The number of rotatable bonds is 11. The molecule has 2 aromatic carbocycles. The summed E-state index contributed by atoms with van der Waals surface area (Å²) in [6, 6.07) is 18.4. The summed E-state index contributed by atoms with van der Waals surface area (Å²) in [5, 5.41) is 2.77. The molecule has 0 aliphatic rings. The van der Waals surface area contributed by atoms with Crippen LogP contribution in [0.5, 0.6) is 0 Å². The summed E-state index contributed by atoms with van der Waals surface area (Å²) in [6.45, 7) is 3.11. The lowest BCUT2D eigenvalue weighted by Crippen LogP contribution is -2.24. The lowest BCUT2D eigenvalue weighted by molar-refractivity contribution is 0.140. The Balaban J connectivity index is 1.59. The molecular formula is C24H31NO2.